The Morgan fingerprint density at radius 2 is 2.14 bits per heavy atom. The van der Waals surface area contributed by atoms with Gasteiger partial charge in [0.15, 0.2) is 0 Å². The van der Waals surface area contributed by atoms with Gasteiger partial charge in [-0.05, 0) is 57.4 Å². The third-order valence-electron chi connectivity index (χ3n) is 3.87. The number of aliphatic hydroxyl groups is 1. The number of aliphatic hydroxyl groups excluding tert-OH is 1. The van der Waals surface area contributed by atoms with Gasteiger partial charge in [0.2, 0.25) is 0 Å². The average Bonchev–Trinajstić information content (AvgIpc) is 2.85. The molecule has 0 saturated carbocycles. The number of amides is 1. The highest BCUT2D eigenvalue weighted by atomic mass is 19.1. The summed E-state index contributed by atoms with van der Waals surface area (Å²) in [5, 5.41) is 10.5. The normalized spacial score (nSPS) is 20.1. The molecular weight excluding hydrogens is 285 g/mol. The van der Waals surface area contributed by atoms with Crippen LogP contribution in [0.5, 0.6) is 0 Å². The van der Waals surface area contributed by atoms with Crippen LogP contribution in [-0.2, 0) is 4.74 Å². The van der Waals surface area contributed by atoms with Gasteiger partial charge >= 0.3 is 6.09 Å². The molecule has 4 nitrogen and oxygen atoms in total. The highest BCUT2D eigenvalue weighted by molar-refractivity contribution is 5.68. The van der Waals surface area contributed by atoms with Crippen molar-refractivity contribution in [3.05, 3.63) is 35.1 Å². The van der Waals surface area contributed by atoms with Crippen LogP contribution < -0.4 is 0 Å². The third-order valence-corrected chi connectivity index (χ3v) is 3.87. The van der Waals surface area contributed by atoms with Crippen molar-refractivity contribution in [3.63, 3.8) is 0 Å². The fourth-order valence-corrected chi connectivity index (χ4v) is 2.76. The summed E-state index contributed by atoms with van der Waals surface area (Å²) in [4.78, 5) is 13.7. The first-order chi connectivity index (χ1) is 10.2. The minimum atomic E-state index is -0.701. The van der Waals surface area contributed by atoms with Gasteiger partial charge in [-0.2, -0.15) is 0 Å². The lowest BCUT2D eigenvalue weighted by Crippen LogP contribution is -2.35. The van der Waals surface area contributed by atoms with E-state index < -0.39 is 11.7 Å². The molecule has 1 saturated heterocycles. The molecule has 1 fully saturated rings. The fraction of sp³-hybridized carbons (Fsp3) is 0.588. The van der Waals surface area contributed by atoms with Crippen molar-refractivity contribution in [2.45, 2.75) is 45.8 Å². The van der Waals surface area contributed by atoms with Crippen LogP contribution in [0.1, 0.15) is 44.4 Å². The van der Waals surface area contributed by atoms with Gasteiger partial charge in [0.25, 0.3) is 0 Å². The van der Waals surface area contributed by atoms with E-state index in [1.807, 2.05) is 20.8 Å². The number of nitrogens with zero attached hydrogens (tertiary/aromatic N) is 1. The van der Waals surface area contributed by atoms with E-state index in [1.165, 1.54) is 12.1 Å². The molecule has 0 radical (unpaired) electrons. The quantitative estimate of drug-likeness (QED) is 0.910. The number of benzene rings is 1. The van der Waals surface area contributed by atoms with Crippen molar-refractivity contribution >= 4 is 6.09 Å². The molecule has 0 spiro atoms. The zero-order valence-corrected chi connectivity index (χ0v) is 13.6. The van der Waals surface area contributed by atoms with E-state index in [0.717, 1.165) is 11.1 Å². The van der Waals surface area contributed by atoms with Crippen LogP contribution in [-0.4, -0.2) is 34.8 Å². The molecule has 1 amide bonds. The second kappa shape index (κ2) is 6.24. The smallest absolute Gasteiger partial charge is 0.410 e. The first-order valence-electron chi connectivity index (χ1n) is 7.59. The lowest BCUT2D eigenvalue weighted by Gasteiger charge is -2.25. The lowest BCUT2D eigenvalue weighted by molar-refractivity contribution is 0.0268. The number of hydrogen-bond donors (Lipinski definition) is 1. The summed E-state index contributed by atoms with van der Waals surface area (Å²) in [6.45, 7) is 8.28. The van der Waals surface area contributed by atoms with Gasteiger partial charge in [0.05, 0.1) is 6.10 Å². The SMILES string of the molecule is Cc1cc(F)ccc1C(O)C1CCN(C(=O)OC(C)(C)C)C1. The van der Waals surface area contributed by atoms with Crippen LogP contribution in [0, 0.1) is 18.7 Å². The minimum absolute atomic E-state index is 0.0586. The van der Waals surface area contributed by atoms with E-state index in [0.29, 0.717) is 19.5 Å². The van der Waals surface area contributed by atoms with Gasteiger partial charge in [-0.3, -0.25) is 0 Å². The van der Waals surface area contributed by atoms with Gasteiger partial charge in [-0.1, -0.05) is 6.07 Å². The van der Waals surface area contributed by atoms with E-state index in [1.54, 1.807) is 17.9 Å². The van der Waals surface area contributed by atoms with Gasteiger partial charge in [0, 0.05) is 19.0 Å². The molecule has 2 atom stereocenters. The zero-order chi connectivity index (χ0) is 16.5. The largest absolute Gasteiger partial charge is 0.444 e. The Balaban J connectivity index is 2.02. The zero-order valence-electron chi connectivity index (χ0n) is 13.6. The molecular formula is C17H24FNO3. The lowest BCUT2D eigenvalue weighted by atomic mass is 9.92. The fourth-order valence-electron chi connectivity index (χ4n) is 2.76. The molecule has 22 heavy (non-hydrogen) atoms. The molecule has 2 unspecified atom stereocenters. The number of carbonyl (C=O) groups is 1. The van der Waals surface area contributed by atoms with Crippen LogP contribution in [0.4, 0.5) is 9.18 Å². The molecule has 0 bridgehead atoms. The molecule has 1 aliphatic rings. The number of aryl methyl sites for hydroxylation is 1. The first-order valence-corrected chi connectivity index (χ1v) is 7.59. The molecule has 2 rings (SSSR count). The van der Waals surface area contributed by atoms with Crippen LogP contribution in [0.2, 0.25) is 0 Å². The van der Waals surface area contributed by atoms with Crippen molar-refractivity contribution < 1.29 is 19.0 Å². The van der Waals surface area contributed by atoms with Crippen LogP contribution >= 0.6 is 0 Å². The van der Waals surface area contributed by atoms with Crippen molar-refractivity contribution in [2.24, 2.45) is 5.92 Å². The van der Waals surface area contributed by atoms with Crippen molar-refractivity contribution in [1.29, 1.82) is 0 Å². The number of halogens is 1. The molecule has 1 aliphatic heterocycles. The highest BCUT2D eigenvalue weighted by Gasteiger charge is 2.34. The van der Waals surface area contributed by atoms with E-state index in [9.17, 15) is 14.3 Å². The Hall–Kier alpha value is -1.62. The van der Waals surface area contributed by atoms with E-state index in [4.69, 9.17) is 4.74 Å². The Bertz CT molecular complexity index is 553. The van der Waals surface area contributed by atoms with Gasteiger partial charge in [-0.25, -0.2) is 9.18 Å². The third kappa shape index (κ3) is 3.97. The number of carbonyl (C=O) groups excluding carboxylic acids is 1. The number of rotatable bonds is 2. The first kappa shape index (κ1) is 16.7. The van der Waals surface area contributed by atoms with Crippen molar-refractivity contribution in [1.82, 2.24) is 4.90 Å². The van der Waals surface area contributed by atoms with Crippen molar-refractivity contribution in [3.8, 4) is 0 Å². The van der Waals surface area contributed by atoms with E-state index in [2.05, 4.69) is 0 Å². The van der Waals surface area contributed by atoms with E-state index >= 15 is 0 Å². The van der Waals surface area contributed by atoms with Crippen LogP contribution in [0.25, 0.3) is 0 Å². The summed E-state index contributed by atoms with van der Waals surface area (Å²) in [6, 6.07) is 4.39. The van der Waals surface area contributed by atoms with Gasteiger partial charge in [-0.15, -0.1) is 0 Å². The standard InChI is InChI=1S/C17H24FNO3/c1-11-9-13(18)5-6-14(11)15(20)12-7-8-19(10-12)16(21)22-17(2,3)4/h5-6,9,12,15,20H,7-8,10H2,1-4H3. The Morgan fingerprint density at radius 3 is 2.73 bits per heavy atom. The summed E-state index contributed by atoms with van der Waals surface area (Å²) >= 11 is 0. The topological polar surface area (TPSA) is 49.8 Å². The molecule has 1 aromatic rings. The summed E-state index contributed by atoms with van der Waals surface area (Å²) in [5.74, 6) is -0.369. The summed E-state index contributed by atoms with van der Waals surface area (Å²) in [7, 11) is 0. The number of hydrogen-bond acceptors (Lipinski definition) is 3. The van der Waals surface area contributed by atoms with Gasteiger partial charge in [0.1, 0.15) is 11.4 Å². The van der Waals surface area contributed by atoms with Crippen LogP contribution in [0.15, 0.2) is 18.2 Å². The molecule has 1 heterocycles. The van der Waals surface area contributed by atoms with E-state index in [-0.39, 0.29) is 17.8 Å². The summed E-state index contributed by atoms with van der Waals surface area (Å²) in [5.41, 5.74) is 0.919. The van der Waals surface area contributed by atoms with Crippen LogP contribution in [0.3, 0.4) is 0 Å². The second-order valence-corrected chi connectivity index (χ2v) is 6.92. The highest BCUT2D eigenvalue weighted by Crippen LogP contribution is 2.32. The number of ether oxygens (including phenoxy) is 1. The predicted octanol–water partition coefficient (Wildman–Crippen LogP) is 3.42. The van der Waals surface area contributed by atoms with Crippen molar-refractivity contribution in [2.75, 3.05) is 13.1 Å². The molecule has 1 N–H and O–H groups in total. The maximum atomic E-state index is 13.2. The van der Waals surface area contributed by atoms with Gasteiger partial charge < -0.3 is 14.7 Å². The molecule has 1 aromatic carbocycles. The Kier molecular flexibility index (Phi) is 4.75. The maximum Gasteiger partial charge on any atom is 0.410 e. The average molecular weight is 309 g/mol. The maximum absolute atomic E-state index is 13.2. The Labute approximate surface area is 130 Å². The monoisotopic (exact) mass is 309 g/mol. The number of likely N-dealkylation sites (tertiary alicyclic amines) is 1. The summed E-state index contributed by atoms with van der Waals surface area (Å²) in [6.07, 6.45) is -0.344. The second-order valence-electron chi connectivity index (χ2n) is 6.92. The summed E-state index contributed by atoms with van der Waals surface area (Å²) < 4.78 is 18.5. The molecule has 0 aliphatic carbocycles. The molecule has 122 valence electrons. The predicted molar refractivity (Wildman–Crippen MR) is 82.0 cm³/mol. The minimum Gasteiger partial charge on any atom is -0.444 e. The Morgan fingerprint density at radius 1 is 1.45 bits per heavy atom. The molecule has 0 aromatic heterocycles. The molecule has 5 heteroatoms.